The van der Waals surface area contributed by atoms with Crippen LogP contribution in [0, 0.1) is 13.8 Å². The summed E-state index contributed by atoms with van der Waals surface area (Å²) in [6, 6.07) is 18.7. The van der Waals surface area contributed by atoms with Gasteiger partial charge >= 0.3 is 0 Å². The first-order valence-electron chi connectivity index (χ1n) is 11.1. The lowest BCUT2D eigenvalue weighted by molar-refractivity contribution is -0.124. The summed E-state index contributed by atoms with van der Waals surface area (Å²) in [6.45, 7) is 4.34. The van der Waals surface area contributed by atoms with Crippen LogP contribution in [0.1, 0.15) is 35.1 Å². The van der Waals surface area contributed by atoms with E-state index in [1.54, 1.807) is 31.4 Å². The summed E-state index contributed by atoms with van der Waals surface area (Å²) in [5, 5.41) is 7.25. The number of nitrogens with zero attached hydrogens (tertiary/aromatic N) is 1. The lowest BCUT2D eigenvalue weighted by atomic mass is 10.1. The Bertz CT molecular complexity index is 1230. The number of hydrogen-bond acceptors (Lipinski definition) is 5. The highest BCUT2D eigenvalue weighted by atomic mass is 35.5. The molecule has 0 aliphatic rings. The Morgan fingerprint density at radius 1 is 0.971 bits per heavy atom. The van der Waals surface area contributed by atoms with Crippen molar-refractivity contribution in [3.63, 3.8) is 0 Å². The van der Waals surface area contributed by atoms with Crippen molar-refractivity contribution < 1.29 is 19.1 Å². The molecule has 0 bridgehead atoms. The van der Waals surface area contributed by atoms with Gasteiger partial charge in [0.15, 0.2) is 11.5 Å². The van der Waals surface area contributed by atoms with Gasteiger partial charge in [-0.2, -0.15) is 5.10 Å². The van der Waals surface area contributed by atoms with Crippen LogP contribution in [0.2, 0.25) is 5.02 Å². The Balaban J connectivity index is 1.46. The SMILES string of the molecule is COc1cc(C=NNC(=O)CCC(=O)Nc2ccc(C)c(Cl)c2)ccc1OCc1cccc(C)c1. The minimum atomic E-state index is -0.372. The third-order valence-corrected chi connectivity index (χ3v) is 5.51. The van der Waals surface area contributed by atoms with Crippen molar-refractivity contribution in [2.24, 2.45) is 5.10 Å². The fourth-order valence-electron chi connectivity index (χ4n) is 3.20. The Hall–Kier alpha value is -3.84. The third-order valence-electron chi connectivity index (χ3n) is 5.10. The Kier molecular flexibility index (Phi) is 9.26. The van der Waals surface area contributed by atoms with Crippen molar-refractivity contribution in [3.8, 4) is 11.5 Å². The number of methoxy groups -OCH3 is 1. The predicted octanol–water partition coefficient (Wildman–Crippen LogP) is 5.41. The first-order chi connectivity index (χ1) is 16.8. The molecule has 182 valence electrons. The average molecular weight is 494 g/mol. The van der Waals surface area contributed by atoms with E-state index in [1.807, 2.05) is 44.2 Å². The van der Waals surface area contributed by atoms with Crippen molar-refractivity contribution in [2.45, 2.75) is 33.3 Å². The zero-order valence-electron chi connectivity index (χ0n) is 19.9. The summed E-state index contributed by atoms with van der Waals surface area (Å²) >= 11 is 6.06. The topological polar surface area (TPSA) is 89.0 Å². The number of aryl methyl sites for hydroxylation is 2. The summed E-state index contributed by atoms with van der Waals surface area (Å²) in [7, 11) is 1.56. The van der Waals surface area contributed by atoms with Crippen molar-refractivity contribution in [3.05, 3.63) is 87.9 Å². The van der Waals surface area contributed by atoms with E-state index in [9.17, 15) is 9.59 Å². The number of hydrazone groups is 1. The second-order valence-electron chi connectivity index (χ2n) is 7.99. The Morgan fingerprint density at radius 2 is 1.77 bits per heavy atom. The van der Waals surface area contributed by atoms with Crippen LogP contribution in [0.25, 0.3) is 0 Å². The number of amides is 2. The molecule has 0 heterocycles. The fourth-order valence-corrected chi connectivity index (χ4v) is 3.38. The molecule has 3 aromatic rings. The lowest BCUT2D eigenvalue weighted by Crippen LogP contribution is -2.20. The molecule has 0 fully saturated rings. The highest BCUT2D eigenvalue weighted by Crippen LogP contribution is 2.28. The van der Waals surface area contributed by atoms with Gasteiger partial charge in [0.05, 0.1) is 13.3 Å². The first kappa shape index (κ1) is 25.8. The summed E-state index contributed by atoms with van der Waals surface area (Å²) in [5.41, 5.74) is 6.89. The van der Waals surface area contributed by atoms with Crippen molar-refractivity contribution in [1.29, 1.82) is 0 Å². The number of carbonyl (C=O) groups is 2. The normalized spacial score (nSPS) is 10.7. The number of carbonyl (C=O) groups excluding carboxylic acids is 2. The number of nitrogens with one attached hydrogen (secondary N) is 2. The second-order valence-corrected chi connectivity index (χ2v) is 8.40. The smallest absolute Gasteiger partial charge is 0.240 e. The molecular weight excluding hydrogens is 466 g/mol. The molecule has 0 aromatic heterocycles. The van der Waals surface area contributed by atoms with Gasteiger partial charge in [-0.05, 0) is 60.9 Å². The van der Waals surface area contributed by atoms with Crippen LogP contribution >= 0.6 is 11.6 Å². The van der Waals surface area contributed by atoms with Crippen LogP contribution in [-0.4, -0.2) is 25.1 Å². The average Bonchev–Trinajstić information content (AvgIpc) is 2.84. The fraction of sp³-hybridized carbons (Fsp3) is 0.222. The van der Waals surface area contributed by atoms with Gasteiger partial charge < -0.3 is 14.8 Å². The zero-order chi connectivity index (χ0) is 25.2. The van der Waals surface area contributed by atoms with E-state index in [2.05, 4.69) is 21.9 Å². The first-order valence-corrected chi connectivity index (χ1v) is 11.5. The lowest BCUT2D eigenvalue weighted by Gasteiger charge is -2.11. The third kappa shape index (κ3) is 8.15. The van der Waals surface area contributed by atoms with Gasteiger partial charge in [0.2, 0.25) is 11.8 Å². The maximum Gasteiger partial charge on any atom is 0.240 e. The summed E-state index contributed by atoms with van der Waals surface area (Å²) < 4.78 is 11.3. The van der Waals surface area contributed by atoms with Crippen LogP contribution in [0.15, 0.2) is 65.8 Å². The number of anilines is 1. The molecule has 0 spiro atoms. The minimum absolute atomic E-state index is 0.00216. The molecule has 0 saturated carbocycles. The molecule has 2 amide bonds. The number of benzene rings is 3. The standard InChI is InChI=1S/C27H28ClN3O4/c1-18-5-4-6-21(13-18)17-35-24-10-8-20(14-25(24)34-3)16-29-31-27(33)12-11-26(32)30-22-9-7-19(2)23(28)15-22/h4-10,13-16H,11-12,17H2,1-3H3,(H,30,32)(H,31,33). The monoisotopic (exact) mass is 493 g/mol. The highest BCUT2D eigenvalue weighted by Gasteiger charge is 2.09. The molecule has 0 unspecified atom stereocenters. The maximum absolute atomic E-state index is 12.1. The second kappa shape index (κ2) is 12.6. The zero-order valence-corrected chi connectivity index (χ0v) is 20.7. The van der Waals surface area contributed by atoms with E-state index in [0.29, 0.717) is 28.8 Å². The van der Waals surface area contributed by atoms with Crippen LogP contribution in [0.5, 0.6) is 11.5 Å². The largest absolute Gasteiger partial charge is 0.493 e. The molecule has 0 aliphatic heterocycles. The van der Waals surface area contributed by atoms with Gasteiger partial charge in [0.25, 0.3) is 0 Å². The van der Waals surface area contributed by atoms with E-state index < -0.39 is 0 Å². The molecule has 0 radical (unpaired) electrons. The van der Waals surface area contributed by atoms with Gasteiger partial charge in [-0.25, -0.2) is 5.43 Å². The van der Waals surface area contributed by atoms with Crippen molar-refractivity contribution >= 4 is 35.3 Å². The molecule has 0 aliphatic carbocycles. The molecule has 8 heteroatoms. The van der Waals surface area contributed by atoms with Crippen LogP contribution in [0.3, 0.4) is 0 Å². The Morgan fingerprint density at radius 3 is 2.51 bits per heavy atom. The molecule has 3 aromatic carbocycles. The molecule has 7 nitrogen and oxygen atoms in total. The molecular formula is C27H28ClN3O4. The van der Waals surface area contributed by atoms with Gasteiger partial charge in [-0.15, -0.1) is 0 Å². The number of ether oxygens (including phenoxy) is 2. The number of hydrogen-bond donors (Lipinski definition) is 2. The van der Waals surface area contributed by atoms with Gasteiger partial charge in [0.1, 0.15) is 6.61 Å². The molecule has 0 saturated heterocycles. The van der Waals surface area contributed by atoms with E-state index >= 15 is 0 Å². The highest BCUT2D eigenvalue weighted by molar-refractivity contribution is 6.31. The van der Waals surface area contributed by atoms with E-state index in [0.717, 1.165) is 16.7 Å². The molecule has 0 atom stereocenters. The summed E-state index contributed by atoms with van der Waals surface area (Å²) in [5.74, 6) is 0.510. The van der Waals surface area contributed by atoms with Crippen LogP contribution < -0.4 is 20.2 Å². The van der Waals surface area contributed by atoms with Crippen LogP contribution in [-0.2, 0) is 16.2 Å². The maximum atomic E-state index is 12.1. The predicted molar refractivity (Wildman–Crippen MR) is 138 cm³/mol. The van der Waals surface area contributed by atoms with E-state index in [-0.39, 0.29) is 24.7 Å². The molecule has 35 heavy (non-hydrogen) atoms. The quantitative estimate of drug-likeness (QED) is 0.292. The van der Waals surface area contributed by atoms with Crippen molar-refractivity contribution in [1.82, 2.24) is 5.43 Å². The van der Waals surface area contributed by atoms with Gasteiger partial charge in [-0.1, -0.05) is 47.5 Å². The molecule has 2 N–H and O–H groups in total. The van der Waals surface area contributed by atoms with Crippen LogP contribution in [0.4, 0.5) is 5.69 Å². The van der Waals surface area contributed by atoms with Gasteiger partial charge in [0, 0.05) is 23.6 Å². The summed E-state index contributed by atoms with van der Waals surface area (Å²) in [6.07, 6.45) is 1.52. The van der Waals surface area contributed by atoms with Gasteiger partial charge in [-0.3, -0.25) is 9.59 Å². The number of rotatable bonds is 10. The van der Waals surface area contributed by atoms with Crippen molar-refractivity contribution in [2.75, 3.05) is 12.4 Å². The number of halogens is 1. The Labute approximate surface area is 210 Å². The minimum Gasteiger partial charge on any atom is -0.493 e. The molecule has 3 rings (SSSR count). The van der Waals surface area contributed by atoms with E-state index in [1.165, 1.54) is 11.8 Å². The summed E-state index contributed by atoms with van der Waals surface area (Å²) in [4.78, 5) is 24.1. The van der Waals surface area contributed by atoms with E-state index in [4.69, 9.17) is 21.1 Å².